The summed E-state index contributed by atoms with van der Waals surface area (Å²) in [5.74, 6) is -2.02. The zero-order chi connectivity index (χ0) is 27.8. The van der Waals surface area contributed by atoms with Crippen LogP contribution >= 0.6 is 0 Å². The number of sulfonamides is 1. The third-order valence-electron chi connectivity index (χ3n) is 7.49. The van der Waals surface area contributed by atoms with Gasteiger partial charge >= 0.3 is 6.18 Å². The van der Waals surface area contributed by atoms with Crippen molar-refractivity contribution in [3.63, 3.8) is 0 Å². The van der Waals surface area contributed by atoms with E-state index in [0.717, 1.165) is 12.5 Å². The molecule has 8 nitrogen and oxygen atoms in total. The lowest BCUT2D eigenvalue weighted by atomic mass is 9.93. The van der Waals surface area contributed by atoms with Crippen LogP contribution in [0.25, 0.3) is 0 Å². The summed E-state index contributed by atoms with van der Waals surface area (Å²) in [4.78, 5) is 19.0. The van der Waals surface area contributed by atoms with E-state index in [2.05, 4.69) is 4.72 Å². The highest BCUT2D eigenvalue weighted by Crippen LogP contribution is 2.35. The molecule has 1 amide bonds. The number of amides is 1. The van der Waals surface area contributed by atoms with Crippen molar-refractivity contribution in [2.75, 3.05) is 57.8 Å². The number of hydrogen-bond acceptors (Lipinski definition) is 6. The van der Waals surface area contributed by atoms with Crippen LogP contribution in [0.2, 0.25) is 0 Å². The van der Waals surface area contributed by atoms with Crippen molar-refractivity contribution in [3.05, 3.63) is 53.0 Å². The maximum absolute atomic E-state index is 14.1. The highest BCUT2D eigenvalue weighted by atomic mass is 32.2. The van der Waals surface area contributed by atoms with Crippen LogP contribution in [0, 0.1) is 17.7 Å². The molecule has 1 aromatic carbocycles. The van der Waals surface area contributed by atoms with E-state index in [4.69, 9.17) is 0 Å². The third-order valence-corrected chi connectivity index (χ3v) is 9.34. The SMILES string of the molecule is CNS(=O)(=O)C1C=C(C(=O)N2CCN(c3ccc(C(F)(F)F)c(F)c3)CC2)C(N2CCC(CO)C2)=CC1C. The van der Waals surface area contributed by atoms with E-state index in [1.54, 1.807) is 22.8 Å². The van der Waals surface area contributed by atoms with Crippen molar-refractivity contribution in [2.24, 2.45) is 11.8 Å². The Balaban J connectivity index is 1.53. The molecule has 0 spiro atoms. The average Bonchev–Trinajstić information content (AvgIpc) is 3.36. The minimum atomic E-state index is -4.78. The molecule has 13 heteroatoms. The molecule has 3 atom stereocenters. The van der Waals surface area contributed by atoms with Gasteiger partial charge in [0.2, 0.25) is 10.0 Å². The van der Waals surface area contributed by atoms with Crippen LogP contribution in [0.4, 0.5) is 23.2 Å². The number of likely N-dealkylation sites (tertiary alicyclic amines) is 1. The highest BCUT2D eigenvalue weighted by Gasteiger charge is 2.39. The Bertz CT molecular complexity index is 1230. The Morgan fingerprint density at radius 3 is 2.34 bits per heavy atom. The number of carbonyl (C=O) groups is 1. The molecular formula is C25H32F4N4O4S. The van der Waals surface area contributed by atoms with Gasteiger partial charge in [0.15, 0.2) is 0 Å². The van der Waals surface area contributed by atoms with Gasteiger partial charge in [0.25, 0.3) is 5.91 Å². The topological polar surface area (TPSA) is 93.2 Å². The first kappa shape index (κ1) is 28.4. The molecular weight excluding hydrogens is 528 g/mol. The Morgan fingerprint density at radius 1 is 1.11 bits per heavy atom. The van der Waals surface area contributed by atoms with E-state index < -0.39 is 38.7 Å². The normalized spacial score (nSPS) is 24.9. The number of aliphatic hydroxyl groups is 1. The lowest BCUT2D eigenvalue weighted by Crippen LogP contribution is -2.50. The van der Waals surface area contributed by atoms with Crippen LogP contribution in [0.3, 0.4) is 0 Å². The Morgan fingerprint density at radius 2 is 1.79 bits per heavy atom. The monoisotopic (exact) mass is 560 g/mol. The summed E-state index contributed by atoms with van der Waals surface area (Å²) in [6.07, 6.45) is -0.731. The molecule has 0 saturated carbocycles. The van der Waals surface area contributed by atoms with Crippen molar-refractivity contribution in [1.29, 1.82) is 0 Å². The van der Waals surface area contributed by atoms with Crippen LogP contribution < -0.4 is 9.62 Å². The number of piperazine rings is 1. The van der Waals surface area contributed by atoms with Crippen LogP contribution in [-0.4, -0.2) is 87.4 Å². The van der Waals surface area contributed by atoms with Crippen LogP contribution in [-0.2, 0) is 21.0 Å². The number of benzene rings is 1. The van der Waals surface area contributed by atoms with E-state index in [1.165, 1.54) is 19.2 Å². The largest absolute Gasteiger partial charge is 0.419 e. The number of nitrogens with zero attached hydrogens (tertiary/aromatic N) is 3. The van der Waals surface area contributed by atoms with Crippen LogP contribution in [0.5, 0.6) is 0 Å². The van der Waals surface area contributed by atoms with Gasteiger partial charge in [-0.15, -0.1) is 0 Å². The molecule has 4 rings (SSSR count). The number of halogens is 4. The molecule has 2 N–H and O–H groups in total. The summed E-state index contributed by atoms with van der Waals surface area (Å²) >= 11 is 0. The second kappa shape index (κ2) is 10.9. The minimum absolute atomic E-state index is 0.0234. The maximum atomic E-state index is 14.1. The molecule has 3 unspecified atom stereocenters. The molecule has 3 aliphatic rings. The highest BCUT2D eigenvalue weighted by molar-refractivity contribution is 7.90. The van der Waals surface area contributed by atoms with Gasteiger partial charge in [-0.2, -0.15) is 13.2 Å². The fraction of sp³-hybridized carbons (Fsp3) is 0.560. The Labute approximate surface area is 219 Å². The van der Waals surface area contributed by atoms with Crippen LogP contribution in [0.1, 0.15) is 18.9 Å². The zero-order valence-electron chi connectivity index (χ0n) is 21.2. The van der Waals surface area contributed by atoms with Gasteiger partial charge < -0.3 is 19.8 Å². The molecule has 2 aliphatic heterocycles. The van der Waals surface area contributed by atoms with Crippen molar-refractivity contribution < 1.29 is 35.9 Å². The first-order valence-electron chi connectivity index (χ1n) is 12.5. The second-order valence-corrected chi connectivity index (χ2v) is 12.0. The van der Waals surface area contributed by atoms with Gasteiger partial charge in [0, 0.05) is 63.2 Å². The molecule has 0 radical (unpaired) electrons. The molecule has 2 saturated heterocycles. The average molecular weight is 561 g/mol. The van der Waals surface area contributed by atoms with Crippen molar-refractivity contribution >= 4 is 21.6 Å². The van der Waals surface area contributed by atoms with E-state index in [9.17, 15) is 35.9 Å². The molecule has 2 fully saturated rings. The first-order chi connectivity index (χ1) is 17.9. The van der Waals surface area contributed by atoms with E-state index in [1.807, 2.05) is 4.90 Å². The molecule has 210 valence electrons. The summed E-state index contributed by atoms with van der Waals surface area (Å²) in [5, 5.41) is 8.64. The summed E-state index contributed by atoms with van der Waals surface area (Å²) in [5.41, 5.74) is -0.113. The number of hydrogen-bond donors (Lipinski definition) is 2. The van der Waals surface area contributed by atoms with Gasteiger partial charge in [-0.1, -0.05) is 13.0 Å². The van der Waals surface area contributed by atoms with Gasteiger partial charge in [-0.3, -0.25) is 4.79 Å². The Hall–Kier alpha value is -2.64. The fourth-order valence-electron chi connectivity index (χ4n) is 5.27. The summed E-state index contributed by atoms with van der Waals surface area (Å²) < 4.78 is 80.5. The molecule has 38 heavy (non-hydrogen) atoms. The number of allylic oxidation sites excluding steroid dienone is 1. The maximum Gasteiger partial charge on any atom is 0.419 e. The number of alkyl halides is 3. The predicted octanol–water partition coefficient (Wildman–Crippen LogP) is 2.19. The second-order valence-electron chi connectivity index (χ2n) is 9.93. The van der Waals surface area contributed by atoms with Crippen molar-refractivity contribution in [1.82, 2.24) is 14.5 Å². The summed E-state index contributed by atoms with van der Waals surface area (Å²) in [7, 11) is -2.39. The van der Waals surface area contributed by atoms with Gasteiger partial charge in [0.1, 0.15) is 11.1 Å². The molecule has 0 aromatic heterocycles. The van der Waals surface area contributed by atoms with Gasteiger partial charge in [0.05, 0.1) is 11.1 Å². The molecule has 1 aromatic rings. The predicted molar refractivity (Wildman–Crippen MR) is 134 cm³/mol. The zero-order valence-corrected chi connectivity index (χ0v) is 22.0. The van der Waals surface area contributed by atoms with Crippen molar-refractivity contribution in [3.8, 4) is 0 Å². The van der Waals surface area contributed by atoms with Gasteiger partial charge in [-0.05, 0) is 43.7 Å². The van der Waals surface area contributed by atoms with E-state index in [0.29, 0.717) is 30.5 Å². The molecule has 2 heterocycles. The smallest absolute Gasteiger partial charge is 0.396 e. The standard InChI is InChI=1S/C25H32F4N4O4S/c1-16-11-22(33-6-5-17(14-33)15-34)19(13-23(16)38(36,37)30-2)24(35)32-9-7-31(8-10-32)18-3-4-20(21(26)12-18)25(27,28)29/h3-4,11-13,16-17,23,30,34H,5-10,14-15H2,1-2H3. The lowest BCUT2D eigenvalue weighted by Gasteiger charge is -2.38. The number of aliphatic hydroxyl groups excluding tert-OH is 1. The van der Waals surface area contributed by atoms with Crippen LogP contribution in [0.15, 0.2) is 41.6 Å². The van der Waals surface area contributed by atoms with Crippen molar-refractivity contribution in [2.45, 2.75) is 24.8 Å². The fourth-order valence-corrected chi connectivity index (χ4v) is 6.50. The molecule has 1 aliphatic carbocycles. The summed E-state index contributed by atoms with van der Waals surface area (Å²) in [6.45, 7) is 3.98. The lowest BCUT2D eigenvalue weighted by molar-refractivity contribution is -0.140. The molecule has 0 bridgehead atoms. The quantitative estimate of drug-likeness (QED) is 0.519. The number of carbonyl (C=O) groups excluding carboxylic acids is 1. The first-order valence-corrected chi connectivity index (χ1v) is 14.0. The van der Waals surface area contributed by atoms with E-state index >= 15 is 0 Å². The number of anilines is 1. The van der Waals surface area contributed by atoms with Gasteiger partial charge in [-0.25, -0.2) is 17.5 Å². The Kier molecular flexibility index (Phi) is 8.10. The van der Waals surface area contributed by atoms with E-state index in [-0.39, 0.29) is 50.2 Å². The summed E-state index contributed by atoms with van der Waals surface area (Å²) in [6, 6.07) is 2.78. The number of rotatable bonds is 6. The minimum Gasteiger partial charge on any atom is -0.396 e. The number of nitrogens with one attached hydrogen (secondary N) is 1. The third kappa shape index (κ3) is 5.69.